The molecule has 0 radical (unpaired) electrons. The Bertz CT molecular complexity index is 795. The summed E-state index contributed by atoms with van der Waals surface area (Å²) in [5.41, 5.74) is 2.37. The molecule has 1 fully saturated rings. The minimum Gasteiger partial charge on any atom is -0.285 e. The number of carbonyl (C=O) groups excluding carboxylic acids is 1. The van der Waals surface area contributed by atoms with Gasteiger partial charge in [-0.2, -0.15) is 5.10 Å². The molecule has 0 bridgehead atoms. The van der Waals surface area contributed by atoms with E-state index in [9.17, 15) is 4.79 Å². The maximum atomic E-state index is 12.7. The van der Waals surface area contributed by atoms with Crippen LogP contribution in [-0.2, 0) is 11.2 Å². The second-order valence-electron chi connectivity index (χ2n) is 5.68. The van der Waals surface area contributed by atoms with Crippen molar-refractivity contribution in [2.24, 2.45) is 10.2 Å². The van der Waals surface area contributed by atoms with Gasteiger partial charge in [-0.3, -0.25) is 9.69 Å². The van der Waals surface area contributed by atoms with E-state index >= 15 is 0 Å². The molecule has 1 saturated heterocycles. The van der Waals surface area contributed by atoms with E-state index in [1.807, 2.05) is 17.5 Å². The first-order chi connectivity index (χ1) is 12.2. The normalized spacial score (nSPS) is 19.2. The lowest BCUT2D eigenvalue weighted by molar-refractivity contribution is -0.125. The molecule has 4 nitrogen and oxygen atoms in total. The number of nitrogens with zero attached hydrogens (tertiary/aromatic N) is 3. The quantitative estimate of drug-likeness (QED) is 0.437. The number of carbonyl (C=O) groups is 1. The number of amides is 1. The molecule has 1 aliphatic rings. The summed E-state index contributed by atoms with van der Waals surface area (Å²) in [4.78, 5) is 15.4. The second-order valence-corrected chi connectivity index (χ2v) is 7.83. The highest BCUT2D eigenvalue weighted by Gasteiger charge is 2.37. The van der Waals surface area contributed by atoms with Crippen molar-refractivity contribution < 1.29 is 4.79 Å². The number of amidine groups is 1. The van der Waals surface area contributed by atoms with Crippen molar-refractivity contribution in [3.8, 4) is 0 Å². The van der Waals surface area contributed by atoms with Gasteiger partial charge in [0.25, 0.3) is 0 Å². The van der Waals surface area contributed by atoms with E-state index in [1.165, 1.54) is 17.3 Å². The van der Waals surface area contributed by atoms with Crippen LogP contribution in [0.1, 0.15) is 16.0 Å². The zero-order valence-corrected chi connectivity index (χ0v) is 15.6. The molecule has 2 aromatic rings. The van der Waals surface area contributed by atoms with E-state index in [2.05, 4.69) is 48.0 Å². The van der Waals surface area contributed by atoms with Crippen LogP contribution in [0.4, 0.5) is 0 Å². The van der Waals surface area contributed by atoms with Gasteiger partial charge in [-0.05, 0) is 30.4 Å². The van der Waals surface area contributed by atoms with Crippen molar-refractivity contribution in [1.82, 2.24) is 4.90 Å². The summed E-state index contributed by atoms with van der Waals surface area (Å²) in [6.45, 7) is 6.24. The van der Waals surface area contributed by atoms with Crippen LogP contribution < -0.4 is 0 Å². The molecule has 128 valence electrons. The molecule has 3 rings (SSSR count). The van der Waals surface area contributed by atoms with E-state index in [-0.39, 0.29) is 11.2 Å². The Morgan fingerprint density at radius 2 is 2.08 bits per heavy atom. The first kappa shape index (κ1) is 17.6. The fourth-order valence-electron chi connectivity index (χ4n) is 2.45. The van der Waals surface area contributed by atoms with Gasteiger partial charge in [0.05, 0.1) is 11.5 Å². The third kappa shape index (κ3) is 4.46. The van der Waals surface area contributed by atoms with Crippen molar-refractivity contribution >= 4 is 40.4 Å². The molecule has 0 aliphatic carbocycles. The molecule has 0 spiro atoms. The van der Waals surface area contributed by atoms with Gasteiger partial charge < -0.3 is 0 Å². The van der Waals surface area contributed by atoms with Crippen molar-refractivity contribution in [1.29, 1.82) is 0 Å². The Labute approximate surface area is 156 Å². The van der Waals surface area contributed by atoms with E-state index in [1.54, 1.807) is 28.5 Å². The van der Waals surface area contributed by atoms with Crippen LogP contribution in [0.5, 0.6) is 0 Å². The fraction of sp³-hybridized carbons (Fsp3) is 0.211. The standard InChI is InChI=1S/C19H19N3OS2/c1-3-10-22-18(23)17(12-15-8-6-14(2)7-9-15)25-19(22)21-20-13-16-5-4-11-24-16/h3-9,11,13,17H,1,10,12H2,2H3/b20-13-,21-19-/t17-/m1/s1. The molecule has 2 heterocycles. The summed E-state index contributed by atoms with van der Waals surface area (Å²) in [5, 5.41) is 10.9. The van der Waals surface area contributed by atoms with Crippen LogP contribution in [0.2, 0.25) is 0 Å². The van der Waals surface area contributed by atoms with Crippen LogP contribution in [0, 0.1) is 6.92 Å². The number of benzene rings is 1. The van der Waals surface area contributed by atoms with Crippen molar-refractivity contribution in [3.63, 3.8) is 0 Å². The Morgan fingerprint density at radius 1 is 1.28 bits per heavy atom. The maximum absolute atomic E-state index is 12.7. The molecule has 1 atom stereocenters. The zero-order chi connectivity index (χ0) is 17.6. The molecular weight excluding hydrogens is 350 g/mol. The van der Waals surface area contributed by atoms with Gasteiger partial charge in [0.2, 0.25) is 5.91 Å². The lowest BCUT2D eigenvalue weighted by Crippen LogP contribution is -2.32. The maximum Gasteiger partial charge on any atom is 0.242 e. The first-order valence-corrected chi connectivity index (χ1v) is 9.72. The number of thiophene rings is 1. The number of aryl methyl sites for hydroxylation is 1. The minimum atomic E-state index is -0.168. The fourth-order valence-corrected chi connectivity index (χ4v) is 4.17. The molecule has 1 aromatic carbocycles. The van der Waals surface area contributed by atoms with Crippen molar-refractivity contribution in [2.45, 2.75) is 18.6 Å². The van der Waals surface area contributed by atoms with E-state index in [0.717, 1.165) is 10.4 Å². The SMILES string of the molecule is C=CCN1C(=O)[C@@H](Cc2ccc(C)cc2)S/C1=N\N=C/c1cccs1. The third-order valence-corrected chi connectivity index (χ3v) is 5.72. The van der Waals surface area contributed by atoms with Crippen LogP contribution >= 0.6 is 23.1 Å². The highest BCUT2D eigenvalue weighted by Crippen LogP contribution is 2.30. The van der Waals surface area contributed by atoms with Gasteiger partial charge in [0, 0.05) is 11.4 Å². The number of rotatable bonds is 6. The average Bonchev–Trinajstić information content (AvgIpc) is 3.21. The largest absolute Gasteiger partial charge is 0.285 e. The monoisotopic (exact) mass is 369 g/mol. The number of hydrogen-bond donors (Lipinski definition) is 0. The van der Waals surface area contributed by atoms with Gasteiger partial charge in [-0.15, -0.1) is 23.0 Å². The van der Waals surface area contributed by atoms with Crippen molar-refractivity contribution in [2.75, 3.05) is 6.54 Å². The van der Waals surface area contributed by atoms with Crippen LogP contribution in [0.3, 0.4) is 0 Å². The van der Waals surface area contributed by atoms with Crippen LogP contribution in [-0.4, -0.2) is 34.0 Å². The van der Waals surface area contributed by atoms with Crippen LogP contribution in [0.25, 0.3) is 0 Å². The lowest BCUT2D eigenvalue weighted by Gasteiger charge is -2.12. The molecule has 25 heavy (non-hydrogen) atoms. The van der Waals surface area contributed by atoms with Gasteiger partial charge in [-0.1, -0.05) is 53.7 Å². The minimum absolute atomic E-state index is 0.0653. The molecule has 0 saturated carbocycles. The molecule has 6 heteroatoms. The first-order valence-electron chi connectivity index (χ1n) is 7.96. The molecule has 1 aliphatic heterocycles. The third-order valence-electron chi connectivity index (χ3n) is 3.74. The smallest absolute Gasteiger partial charge is 0.242 e. The Hall–Kier alpha value is -2.18. The Kier molecular flexibility index (Phi) is 5.83. The molecule has 0 N–H and O–H groups in total. The Morgan fingerprint density at radius 3 is 2.76 bits per heavy atom. The van der Waals surface area contributed by atoms with E-state index in [0.29, 0.717) is 18.1 Å². The number of hydrogen-bond acceptors (Lipinski definition) is 5. The van der Waals surface area contributed by atoms with Gasteiger partial charge in [0.1, 0.15) is 0 Å². The summed E-state index contributed by atoms with van der Waals surface area (Å²) in [6, 6.07) is 12.2. The highest BCUT2D eigenvalue weighted by molar-refractivity contribution is 8.15. The zero-order valence-electron chi connectivity index (χ0n) is 14.0. The summed E-state index contributed by atoms with van der Waals surface area (Å²) in [7, 11) is 0. The second kappa shape index (κ2) is 8.27. The highest BCUT2D eigenvalue weighted by atomic mass is 32.2. The molecule has 0 unspecified atom stereocenters. The molecule has 1 aromatic heterocycles. The summed E-state index contributed by atoms with van der Waals surface area (Å²) < 4.78 is 0. The molecule has 1 amide bonds. The topological polar surface area (TPSA) is 45.0 Å². The van der Waals surface area contributed by atoms with Crippen LogP contribution in [0.15, 0.2) is 64.6 Å². The van der Waals surface area contributed by atoms with Gasteiger partial charge in [0.15, 0.2) is 5.17 Å². The van der Waals surface area contributed by atoms with Gasteiger partial charge in [-0.25, -0.2) is 0 Å². The average molecular weight is 370 g/mol. The summed E-state index contributed by atoms with van der Waals surface area (Å²) in [6.07, 6.45) is 4.11. The number of thioether (sulfide) groups is 1. The Balaban J connectivity index is 1.74. The lowest BCUT2D eigenvalue weighted by atomic mass is 10.1. The van der Waals surface area contributed by atoms with E-state index < -0.39 is 0 Å². The summed E-state index contributed by atoms with van der Waals surface area (Å²) >= 11 is 3.07. The predicted octanol–water partition coefficient (Wildman–Crippen LogP) is 4.12. The van der Waals surface area contributed by atoms with Crippen molar-refractivity contribution in [3.05, 3.63) is 70.4 Å². The predicted molar refractivity (Wildman–Crippen MR) is 108 cm³/mol. The van der Waals surface area contributed by atoms with Gasteiger partial charge >= 0.3 is 0 Å². The summed E-state index contributed by atoms with van der Waals surface area (Å²) in [5.74, 6) is 0.0653. The molecular formula is C19H19N3OS2. The van der Waals surface area contributed by atoms with E-state index in [4.69, 9.17) is 0 Å².